The van der Waals surface area contributed by atoms with Gasteiger partial charge in [-0.05, 0) is 66.8 Å². The topological polar surface area (TPSA) is 94.6 Å². The van der Waals surface area contributed by atoms with Crippen LogP contribution in [0.4, 0.5) is 0 Å². The highest BCUT2D eigenvalue weighted by Gasteiger charge is 2.19. The van der Waals surface area contributed by atoms with Crippen molar-refractivity contribution in [3.63, 3.8) is 0 Å². The standard InChI is InChI=1S/C25H18Br2O6/c1-12-16-8-14(3-5-20(16)32-24(30)22(12)18(28)10-26)7-15-4-6-21-17(9-15)13(2)23(19(29)11-27)25(31)33-21/h3-6,8-9H,7,10-11H2,1-2H3. The Kier molecular flexibility index (Phi) is 6.50. The molecule has 0 atom stereocenters. The summed E-state index contributed by atoms with van der Waals surface area (Å²) in [6.45, 7) is 3.48. The zero-order valence-corrected chi connectivity index (χ0v) is 21.0. The van der Waals surface area contributed by atoms with Crippen LogP contribution in [0.15, 0.2) is 54.8 Å². The third kappa shape index (κ3) is 4.25. The van der Waals surface area contributed by atoms with E-state index in [0.717, 1.165) is 11.1 Å². The number of halogens is 2. The normalized spacial score (nSPS) is 11.3. The Bertz CT molecular complexity index is 1440. The first kappa shape index (κ1) is 23.3. The number of carbonyl (C=O) groups is 2. The van der Waals surface area contributed by atoms with Crippen LogP contribution in [-0.4, -0.2) is 22.2 Å². The van der Waals surface area contributed by atoms with Crippen molar-refractivity contribution in [3.8, 4) is 0 Å². The molecule has 0 N–H and O–H groups in total. The molecule has 8 heteroatoms. The van der Waals surface area contributed by atoms with E-state index in [1.165, 1.54) is 0 Å². The van der Waals surface area contributed by atoms with Crippen LogP contribution in [0.3, 0.4) is 0 Å². The van der Waals surface area contributed by atoms with Crippen LogP contribution >= 0.6 is 31.9 Å². The molecule has 0 saturated heterocycles. The van der Waals surface area contributed by atoms with Crippen molar-refractivity contribution in [1.29, 1.82) is 0 Å². The zero-order valence-electron chi connectivity index (χ0n) is 17.8. The van der Waals surface area contributed by atoms with Gasteiger partial charge in [0.1, 0.15) is 22.3 Å². The lowest BCUT2D eigenvalue weighted by molar-refractivity contribution is 0.101. The van der Waals surface area contributed by atoms with Gasteiger partial charge in [0.15, 0.2) is 11.6 Å². The van der Waals surface area contributed by atoms with E-state index in [-0.39, 0.29) is 33.4 Å². The van der Waals surface area contributed by atoms with Crippen LogP contribution in [0.2, 0.25) is 0 Å². The van der Waals surface area contributed by atoms with Crippen molar-refractivity contribution in [2.75, 3.05) is 10.7 Å². The average molecular weight is 574 g/mol. The number of hydrogen-bond donors (Lipinski definition) is 0. The largest absolute Gasteiger partial charge is 0.422 e. The maximum absolute atomic E-state index is 12.2. The van der Waals surface area contributed by atoms with Crippen molar-refractivity contribution in [2.45, 2.75) is 20.3 Å². The van der Waals surface area contributed by atoms with E-state index in [1.54, 1.807) is 26.0 Å². The molecule has 33 heavy (non-hydrogen) atoms. The average Bonchev–Trinajstić information content (AvgIpc) is 2.79. The highest BCUT2D eigenvalue weighted by Crippen LogP contribution is 2.26. The van der Waals surface area contributed by atoms with E-state index in [0.29, 0.717) is 39.5 Å². The molecule has 2 aromatic heterocycles. The van der Waals surface area contributed by atoms with Crippen LogP contribution in [-0.2, 0) is 6.42 Å². The molecule has 0 unspecified atom stereocenters. The van der Waals surface area contributed by atoms with Gasteiger partial charge < -0.3 is 8.83 Å². The number of carbonyl (C=O) groups excluding carboxylic acids is 2. The first-order valence-electron chi connectivity index (χ1n) is 10.1. The van der Waals surface area contributed by atoms with Crippen molar-refractivity contribution >= 4 is 65.4 Å². The summed E-state index contributed by atoms with van der Waals surface area (Å²) >= 11 is 6.22. The van der Waals surface area contributed by atoms with Gasteiger partial charge in [-0.15, -0.1) is 0 Å². The van der Waals surface area contributed by atoms with Crippen LogP contribution in [0.25, 0.3) is 21.9 Å². The molecule has 4 rings (SSSR count). The lowest BCUT2D eigenvalue weighted by Gasteiger charge is -2.10. The second kappa shape index (κ2) is 9.19. The number of rotatable bonds is 6. The lowest BCUT2D eigenvalue weighted by Crippen LogP contribution is -2.17. The number of benzene rings is 2. The number of fused-ring (bicyclic) bond motifs is 2. The van der Waals surface area contributed by atoms with Gasteiger partial charge >= 0.3 is 11.3 Å². The number of Topliss-reactive ketones (excluding diaryl/α,β-unsaturated/α-hetero) is 2. The molecule has 4 aromatic rings. The summed E-state index contributed by atoms with van der Waals surface area (Å²) in [4.78, 5) is 48.9. The van der Waals surface area contributed by atoms with Crippen LogP contribution in [0.5, 0.6) is 0 Å². The highest BCUT2D eigenvalue weighted by molar-refractivity contribution is 9.09. The molecule has 0 aliphatic carbocycles. The van der Waals surface area contributed by atoms with E-state index >= 15 is 0 Å². The quantitative estimate of drug-likeness (QED) is 0.177. The molecule has 0 radical (unpaired) electrons. The molecular formula is C25H18Br2O6. The number of alkyl halides is 2. The van der Waals surface area contributed by atoms with E-state index in [1.807, 2.05) is 24.3 Å². The molecule has 0 spiro atoms. The predicted molar refractivity (Wildman–Crippen MR) is 133 cm³/mol. The van der Waals surface area contributed by atoms with Gasteiger partial charge in [0.2, 0.25) is 0 Å². The Labute approximate surface area is 204 Å². The summed E-state index contributed by atoms with van der Waals surface area (Å²) < 4.78 is 10.7. The maximum Gasteiger partial charge on any atom is 0.347 e. The lowest BCUT2D eigenvalue weighted by atomic mass is 9.97. The van der Waals surface area contributed by atoms with E-state index in [2.05, 4.69) is 31.9 Å². The molecule has 2 aromatic carbocycles. The molecule has 0 saturated carbocycles. The Balaban J connectivity index is 1.79. The summed E-state index contributed by atoms with van der Waals surface area (Å²) in [6, 6.07) is 11.0. The molecule has 0 amide bonds. The van der Waals surface area contributed by atoms with Gasteiger partial charge in [-0.1, -0.05) is 44.0 Å². The highest BCUT2D eigenvalue weighted by atomic mass is 79.9. The van der Waals surface area contributed by atoms with Crippen molar-refractivity contribution < 1.29 is 18.4 Å². The summed E-state index contributed by atoms with van der Waals surface area (Å²) in [5.74, 6) is -0.650. The number of ketones is 2. The maximum atomic E-state index is 12.2. The molecule has 2 heterocycles. The molecule has 0 fully saturated rings. The van der Waals surface area contributed by atoms with Crippen LogP contribution < -0.4 is 11.3 Å². The summed E-state index contributed by atoms with van der Waals surface area (Å²) in [5.41, 5.74) is 2.72. The van der Waals surface area contributed by atoms with E-state index in [4.69, 9.17) is 8.83 Å². The van der Waals surface area contributed by atoms with E-state index < -0.39 is 11.3 Å². The minimum atomic E-state index is -0.641. The van der Waals surface area contributed by atoms with Gasteiger partial charge in [0, 0.05) is 10.8 Å². The first-order valence-corrected chi connectivity index (χ1v) is 12.3. The molecule has 0 aliphatic rings. The van der Waals surface area contributed by atoms with Gasteiger partial charge in [-0.3, -0.25) is 9.59 Å². The first-order chi connectivity index (χ1) is 15.7. The van der Waals surface area contributed by atoms with E-state index in [9.17, 15) is 19.2 Å². The molecule has 168 valence electrons. The second-order valence-electron chi connectivity index (χ2n) is 7.73. The summed E-state index contributed by atoms with van der Waals surface area (Å²) in [5, 5.41) is 1.47. The smallest absolute Gasteiger partial charge is 0.347 e. The Hall–Kier alpha value is -2.84. The minimum absolute atomic E-state index is 0.0376. The van der Waals surface area contributed by atoms with Crippen LogP contribution in [0.1, 0.15) is 43.0 Å². The molecule has 0 aliphatic heterocycles. The fourth-order valence-electron chi connectivity index (χ4n) is 4.03. The zero-order chi connectivity index (χ0) is 23.9. The number of hydrogen-bond acceptors (Lipinski definition) is 6. The fraction of sp³-hybridized carbons (Fsp3) is 0.200. The van der Waals surface area contributed by atoms with Crippen molar-refractivity contribution in [2.24, 2.45) is 0 Å². The van der Waals surface area contributed by atoms with Gasteiger partial charge in [-0.2, -0.15) is 0 Å². The van der Waals surface area contributed by atoms with Crippen LogP contribution in [0, 0.1) is 13.8 Å². The summed E-state index contributed by atoms with van der Waals surface area (Å²) in [6.07, 6.45) is 0.548. The number of aryl methyl sites for hydroxylation is 2. The molecular weight excluding hydrogens is 556 g/mol. The third-order valence-electron chi connectivity index (χ3n) is 5.67. The van der Waals surface area contributed by atoms with Gasteiger partial charge in [-0.25, -0.2) is 9.59 Å². The molecule has 0 bridgehead atoms. The Morgan fingerprint density at radius 1 is 0.727 bits per heavy atom. The van der Waals surface area contributed by atoms with Crippen molar-refractivity contribution in [3.05, 3.63) is 90.6 Å². The van der Waals surface area contributed by atoms with Crippen molar-refractivity contribution in [1.82, 2.24) is 0 Å². The SMILES string of the molecule is Cc1c(C(=O)CBr)c(=O)oc2ccc(Cc3ccc4oc(=O)c(C(=O)CBr)c(C)c4c3)cc12. The minimum Gasteiger partial charge on any atom is -0.422 e. The van der Waals surface area contributed by atoms with Gasteiger partial charge in [0.25, 0.3) is 0 Å². The fourth-order valence-corrected chi connectivity index (χ4v) is 4.59. The predicted octanol–water partition coefficient (Wildman–Crippen LogP) is 5.26. The summed E-state index contributed by atoms with van der Waals surface area (Å²) in [7, 11) is 0. The second-order valence-corrected chi connectivity index (χ2v) is 8.85. The molecule has 6 nitrogen and oxygen atoms in total. The Morgan fingerprint density at radius 3 is 1.48 bits per heavy atom. The monoisotopic (exact) mass is 572 g/mol. The van der Waals surface area contributed by atoms with Gasteiger partial charge in [0.05, 0.1) is 10.7 Å². The third-order valence-corrected chi connectivity index (χ3v) is 6.69. The Morgan fingerprint density at radius 2 is 1.12 bits per heavy atom.